The van der Waals surface area contributed by atoms with E-state index in [1.807, 2.05) is 0 Å². The molecule has 248 valence electrons. The third kappa shape index (κ3) is 13.8. The Balaban J connectivity index is 1.25. The van der Waals surface area contributed by atoms with Gasteiger partial charge in [-0.05, 0) is 95.8 Å². The number of ether oxygens (including phenoxy) is 3. The lowest BCUT2D eigenvalue weighted by molar-refractivity contribution is -0.159. The number of rotatable bonds is 20. The van der Waals surface area contributed by atoms with Gasteiger partial charge in [0, 0.05) is 6.61 Å². The summed E-state index contributed by atoms with van der Waals surface area (Å²) < 4.78 is 18.6. The topological polar surface area (TPSA) is 49.1 Å². The van der Waals surface area contributed by atoms with Gasteiger partial charge in [0.25, 0.3) is 6.04 Å². The van der Waals surface area contributed by atoms with Crippen LogP contribution >= 0.6 is 0 Å². The van der Waals surface area contributed by atoms with E-state index in [-0.39, 0.29) is 36.2 Å². The molecule has 43 heavy (non-hydrogen) atoms. The zero-order valence-corrected chi connectivity index (χ0v) is 28.4. The first-order valence-corrected chi connectivity index (χ1v) is 18.9. The number of carbonyl (C=O) groups is 1. The molecule has 0 spiro atoms. The molecule has 0 heterocycles. The Labute approximate surface area is 265 Å². The van der Waals surface area contributed by atoms with Crippen molar-refractivity contribution in [3.05, 3.63) is 11.4 Å². The maximum absolute atomic E-state index is 13.1. The van der Waals surface area contributed by atoms with Gasteiger partial charge in [-0.15, -0.1) is 0 Å². The molecule has 5 heteroatoms. The molecule has 3 aliphatic rings. The number of unbranched alkanes of at least 4 members (excludes halogenated alkanes) is 10. The van der Waals surface area contributed by atoms with Gasteiger partial charge in [0.05, 0.1) is 24.5 Å². The second-order valence-corrected chi connectivity index (χ2v) is 14.4. The zero-order chi connectivity index (χ0) is 30.7. The van der Waals surface area contributed by atoms with Gasteiger partial charge in [0.1, 0.15) is 12.2 Å². The normalized spacial score (nSPS) is 30.4. The van der Waals surface area contributed by atoms with Crippen LogP contribution in [0.1, 0.15) is 175 Å². The fourth-order valence-electron chi connectivity index (χ4n) is 8.01. The van der Waals surface area contributed by atoms with Crippen LogP contribution in [0.3, 0.4) is 0 Å². The van der Waals surface area contributed by atoms with Crippen LogP contribution in [0, 0.1) is 24.3 Å². The lowest BCUT2D eigenvalue weighted by Gasteiger charge is -2.37. The van der Waals surface area contributed by atoms with Crippen LogP contribution in [0.15, 0.2) is 0 Å². The van der Waals surface area contributed by atoms with Gasteiger partial charge in [0.15, 0.2) is 0 Å². The van der Waals surface area contributed by atoms with Crippen LogP contribution in [0.4, 0.5) is 0 Å². The van der Waals surface area contributed by atoms with Gasteiger partial charge in [-0.2, -0.15) is 0 Å². The predicted molar refractivity (Wildman–Crippen MR) is 177 cm³/mol. The summed E-state index contributed by atoms with van der Waals surface area (Å²) in [6, 6.07) is -0.195. The minimum absolute atomic E-state index is 0.00564. The first-order chi connectivity index (χ1) is 21.0. The lowest BCUT2D eigenvalue weighted by atomic mass is 9.70. The van der Waals surface area contributed by atoms with Crippen molar-refractivity contribution in [3.63, 3.8) is 0 Å². The molecule has 0 radical (unpaired) electrons. The summed E-state index contributed by atoms with van der Waals surface area (Å²) in [7, 11) is 0. The summed E-state index contributed by atoms with van der Waals surface area (Å²) in [6.45, 7) is 15.3. The molecule has 0 bridgehead atoms. The molecule has 0 aromatic rings. The number of carbonyl (C=O) groups excluding carboxylic acids is 1. The Bertz CT molecular complexity index is 764. The summed E-state index contributed by atoms with van der Waals surface area (Å²) in [6.07, 6.45) is 29.0. The fourth-order valence-corrected chi connectivity index (χ4v) is 8.01. The SMILES string of the molecule is [C-]#[N+]C1CC(OC(=O)C2CCC(C3CCC(OCCCCCCCCCC)CC3)CC2)CCC1OC(C)CCCCCC. The van der Waals surface area contributed by atoms with Gasteiger partial charge < -0.3 is 19.1 Å². The second-order valence-electron chi connectivity index (χ2n) is 14.4. The van der Waals surface area contributed by atoms with Gasteiger partial charge in [0.2, 0.25) is 0 Å². The highest BCUT2D eigenvalue weighted by Crippen LogP contribution is 2.41. The molecule has 0 amide bonds. The monoisotopic (exact) mass is 602 g/mol. The molecule has 3 saturated carbocycles. The van der Waals surface area contributed by atoms with Crippen molar-refractivity contribution < 1.29 is 19.0 Å². The molecule has 3 fully saturated rings. The van der Waals surface area contributed by atoms with E-state index < -0.39 is 0 Å². The number of esters is 1. The molecular formula is C38H67NO4. The van der Waals surface area contributed by atoms with E-state index in [4.69, 9.17) is 20.8 Å². The van der Waals surface area contributed by atoms with Crippen molar-refractivity contribution in [1.82, 2.24) is 0 Å². The van der Waals surface area contributed by atoms with Crippen LogP contribution in [0.5, 0.6) is 0 Å². The van der Waals surface area contributed by atoms with E-state index in [0.717, 1.165) is 63.4 Å². The highest BCUT2D eigenvalue weighted by atomic mass is 16.5. The number of hydrogen-bond acceptors (Lipinski definition) is 4. The Kier molecular flexibility index (Phi) is 18.2. The smallest absolute Gasteiger partial charge is 0.309 e. The summed E-state index contributed by atoms with van der Waals surface area (Å²) in [4.78, 5) is 17.0. The first kappa shape index (κ1) is 36.3. The Hall–Kier alpha value is -1.12. The predicted octanol–water partition coefficient (Wildman–Crippen LogP) is 10.6. The lowest BCUT2D eigenvalue weighted by Crippen LogP contribution is -2.40. The summed E-state index contributed by atoms with van der Waals surface area (Å²) >= 11 is 0. The van der Waals surface area contributed by atoms with Crippen LogP contribution in [-0.2, 0) is 19.0 Å². The van der Waals surface area contributed by atoms with Crippen LogP contribution in [0.2, 0.25) is 0 Å². The van der Waals surface area contributed by atoms with E-state index in [9.17, 15) is 4.79 Å². The number of nitrogens with zero attached hydrogens (tertiary/aromatic N) is 1. The second kappa shape index (κ2) is 21.6. The van der Waals surface area contributed by atoms with E-state index in [0.29, 0.717) is 12.5 Å². The summed E-state index contributed by atoms with van der Waals surface area (Å²) in [5.41, 5.74) is 0. The van der Waals surface area contributed by atoms with Crippen LogP contribution in [-0.4, -0.2) is 43.0 Å². The minimum Gasteiger partial charge on any atom is -0.462 e. The Morgan fingerprint density at radius 1 is 0.721 bits per heavy atom. The van der Waals surface area contributed by atoms with E-state index >= 15 is 0 Å². The average molecular weight is 602 g/mol. The Morgan fingerprint density at radius 3 is 1.91 bits per heavy atom. The molecule has 0 aromatic heterocycles. The van der Waals surface area contributed by atoms with Crippen molar-refractivity contribution in [2.45, 2.75) is 205 Å². The largest absolute Gasteiger partial charge is 0.462 e. The van der Waals surface area contributed by atoms with Crippen molar-refractivity contribution >= 4 is 5.97 Å². The molecule has 4 unspecified atom stereocenters. The highest BCUT2D eigenvalue weighted by Gasteiger charge is 2.40. The molecule has 5 nitrogen and oxygen atoms in total. The molecule has 3 rings (SSSR count). The average Bonchev–Trinajstić information content (AvgIpc) is 3.03. The minimum atomic E-state index is -0.195. The quantitative estimate of drug-likeness (QED) is 0.0791. The van der Waals surface area contributed by atoms with Gasteiger partial charge >= 0.3 is 5.97 Å². The molecule has 0 saturated heterocycles. The maximum Gasteiger partial charge on any atom is 0.309 e. The zero-order valence-electron chi connectivity index (χ0n) is 28.4. The maximum atomic E-state index is 13.1. The van der Waals surface area contributed by atoms with Gasteiger partial charge in [-0.3, -0.25) is 4.79 Å². The molecule has 0 N–H and O–H groups in total. The van der Waals surface area contributed by atoms with Crippen molar-refractivity contribution in [2.75, 3.05) is 6.61 Å². The molecule has 0 aromatic carbocycles. The van der Waals surface area contributed by atoms with E-state index in [2.05, 4.69) is 25.6 Å². The van der Waals surface area contributed by atoms with Crippen molar-refractivity contribution in [3.8, 4) is 0 Å². The van der Waals surface area contributed by atoms with Crippen molar-refractivity contribution in [2.24, 2.45) is 17.8 Å². The molecular weight excluding hydrogens is 534 g/mol. The third-order valence-corrected chi connectivity index (χ3v) is 10.9. The fraction of sp³-hybridized carbons (Fsp3) is 0.947. The molecule has 3 aliphatic carbocycles. The summed E-state index contributed by atoms with van der Waals surface area (Å²) in [5, 5.41) is 0. The first-order valence-electron chi connectivity index (χ1n) is 18.9. The molecule has 0 aliphatic heterocycles. The van der Waals surface area contributed by atoms with Crippen LogP contribution < -0.4 is 0 Å². The van der Waals surface area contributed by atoms with E-state index in [1.54, 1.807) is 0 Å². The number of hydrogen-bond donors (Lipinski definition) is 0. The van der Waals surface area contributed by atoms with E-state index in [1.165, 1.54) is 103 Å². The molecule has 4 atom stereocenters. The van der Waals surface area contributed by atoms with Crippen LogP contribution in [0.25, 0.3) is 4.85 Å². The standard InChI is InChI=1S/C38H67NO4/c1-5-7-9-11-12-13-14-16-28-41-34-24-22-32(23-25-34)31-18-20-33(21-19-31)38(40)43-35-26-27-37(36(29-35)39-4)42-30(3)17-15-10-8-6-2/h30-37H,5-29H2,1-3H3. The van der Waals surface area contributed by atoms with Gasteiger partial charge in [-0.1, -0.05) is 84.5 Å². The Morgan fingerprint density at radius 2 is 1.28 bits per heavy atom. The van der Waals surface area contributed by atoms with Crippen molar-refractivity contribution in [1.29, 1.82) is 0 Å². The highest BCUT2D eigenvalue weighted by molar-refractivity contribution is 5.72. The van der Waals surface area contributed by atoms with Gasteiger partial charge in [-0.25, -0.2) is 6.57 Å². The summed E-state index contributed by atoms with van der Waals surface area (Å²) in [5.74, 6) is 1.62. The third-order valence-electron chi connectivity index (χ3n) is 10.9.